The molecule has 4 heteroatoms. The van der Waals surface area contributed by atoms with E-state index in [1.165, 1.54) is 32.1 Å². The van der Waals surface area contributed by atoms with E-state index in [-0.39, 0.29) is 0 Å². The summed E-state index contributed by atoms with van der Waals surface area (Å²) in [7, 11) is 1.63. The van der Waals surface area contributed by atoms with E-state index in [2.05, 4.69) is 5.32 Å². The molecule has 1 aliphatic rings. The van der Waals surface area contributed by atoms with Gasteiger partial charge in [-0.2, -0.15) is 0 Å². The Bertz CT molecular complexity index is 495. The molecule has 3 N–H and O–H groups in total. The highest BCUT2D eigenvalue weighted by atomic mass is 16.5. The Morgan fingerprint density at radius 1 is 1.26 bits per heavy atom. The quantitative estimate of drug-likeness (QED) is 0.773. The molecule has 0 aliphatic heterocycles. The van der Waals surface area contributed by atoms with Gasteiger partial charge in [0.15, 0.2) is 11.5 Å². The third-order valence-corrected chi connectivity index (χ3v) is 4.37. The lowest BCUT2D eigenvalue weighted by molar-refractivity contribution is -0.697. The van der Waals surface area contributed by atoms with Gasteiger partial charge in [-0.25, -0.2) is 0 Å². The summed E-state index contributed by atoms with van der Waals surface area (Å²) in [6.45, 7) is 2.97. The lowest BCUT2D eigenvalue weighted by atomic mass is 9.95. The van der Waals surface area contributed by atoms with Crippen LogP contribution in [0.4, 0.5) is 0 Å². The summed E-state index contributed by atoms with van der Waals surface area (Å²) >= 11 is 0. The third-order valence-electron chi connectivity index (χ3n) is 4.37. The lowest BCUT2D eigenvalue weighted by Gasteiger charge is -2.21. The van der Waals surface area contributed by atoms with Gasteiger partial charge < -0.3 is 19.9 Å². The predicted octanol–water partition coefficient (Wildman–Crippen LogP) is 2.36. The van der Waals surface area contributed by atoms with Gasteiger partial charge >= 0.3 is 0 Å². The molecule has 0 heterocycles. The maximum Gasteiger partial charge on any atom is 0.161 e. The Morgan fingerprint density at radius 3 is 2.74 bits per heavy atom. The Balaban J connectivity index is 1.79. The Kier molecular flexibility index (Phi) is 7.43. The molecule has 0 saturated heterocycles. The Labute approximate surface area is 139 Å². The van der Waals surface area contributed by atoms with E-state index in [1.54, 1.807) is 7.11 Å². The highest BCUT2D eigenvalue weighted by Gasteiger charge is 2.18. The first-order valence-electron chi connectivity index (χ1n) is 8.68. The van der Waals surface area contributed by atoms with Gasteiger partial charge in [0.2, 0.25) is 0 Å². The summed E-state index contributed by atoms with van der Waals surface area (Å²) in [6, 6.07) is 6.49. The number of quaternary nitrogens is 1. The van der Waals surface area contributed by atoms with Crippen molar-refractivity contribution < 1.29 is 19.9 Å². The van der Waals surface area contributed by atoms with E-state index in [0.717, 1.165) is 5.56 Å². The van der Waals surface area contributed by atoms with Crippen LogP contribution < -0.4 is 14.8 Å². The van der Waals surface area contributed by atoms with Crippen LogP contribution in [-0.2, 0) is 0 Å². The molecule has 1 aromatic carbocycles. The molecule has 1 aliphatic carbocycles. The number of allylic oxidation sites excluding steroid dienone is 1. The monoisotopic (exact) mass is 320 g/mol. The second kappa shape index (κ2) is 9.58. The minimum atomic E-state index is -0.461. The molecule has 0 aromatic heterocycles. The SMILES string of the molecule is C/C=C/c1ccc(OC[C@H](O)C[NH2+]C2CCCCC2)c(OC)c1. The van der Waals surface area contributed by atoms with Gasteiger partial charge in [0.1, 0.15) is 19.3 Å². The van der Waals surface area contributed by atoms with Gasteiger partial charge in [-0.3, -0.25) is 0 Å². The van der Waals surface area contributed by atoms with Crippen molar-refractivity contribution in [1.29, 1.82) is 0 Å². The zero-order chi connectivity index (χ0) is 16.5. The van der Waals surface area contributed by atoms with E-state index >= 15 is 0 Å². The van der Waals surface area contributed by atoms with Crippen molar-refractivity contribution in [2.24, 2.45) is 0 Å². The second-order valence-electron chi connectivity index (χ2n) is 6.24. The lowest BCUT2D eigenvalue weighted by Crippen LogP contribution is -2.92. The van der Waals surface area contributed by atoms with Crippen molar-refractivity contribution in [3.63, 3.8) is 0 Å². The van der Waals surface area contributed by atoms with E-state index in [4.69, 9.17) is 9.47 Å². The van der Waals surface area contributed by atoms with Crippen molar-refractivity contribution in [2.45, 2.75) is 51.2 Å². The molecule has 1 atom stereocenters. The molecule has 0 bridgehead atoms. The predicted molar refractivity (Wildman–Crippen MR) is 92.9 cm³/mol. The fraction of sp³-hybridized carbons (Fsp3) is 0.579. The van der Waals surface area contributed by atoms with Crippen LogP contribution in [0.5, 0.6) is 11.5 Å². The van der Waals surface area contributed by atoms with Gasteiger partial charge in [-0.1, -0.05) is 24.6 Å². The van der Waals surface area contributed by atoms with Crippen LogP contribution in [0.1, 0.15) is 44.6 Å². The van der Waals surface area contributed by atoms with E-state index in [1.807, 2.05) is 37.3 Å². The highest BCUT2D eigenvalue weighted by molar-refractivity contribution is 5.55. The normalized spacial score (nSPS) is 17.3. The van der Waals surface area contributed by atoms with E-state index in [9.17, 15) is 5.11 Å². The van der Waals surface area contributed by atoms with Crippen molar-refractivity contribution in [1.82, 2.24) is 0 Å². The number of hydrogen-bond acceptors (Lipinski definition) is 3. The summed E-state index contributed by atoms with van der Waals surface area (Å²) < 4.78 is 11.1. The van der Waals surface area contributed by atoms with Crippen LogP contribution in [0.25, 0.3) is 6.08 Å². The molecule has 1 aromatic rings. The van der Waals surface area contributed by atoms with E-state index < -0.39 is 6.10 Å². The highest BCUT2D eigenvalue weighted by Crippen LogP contribution is 2.28. The second-order valence-corrected chi connectivity index (χ2v) is 6.24. The molecular formula is C19H30NO3+. The van der Waals surface area contributed by atoms with E-state index in [0.29, 0.717) is 30.7 Å². The minimum Gasteiger partial charge on any atom is -0.493 e. The maximum atomic E-state index is 10.1. The Morgan fingerprint density at radius 2 is 2.04 bits per heavy atom. The number of aliphatic hydroxyl groups excluding tert-OH is 1. The smallest absolute Gasteiger partial charge is 0.161 e. The van der Waals surface area contributed by atoms with Crippen LogP contribution in [-0.4, -0.2) is 37.5 Å². The average Bonchev–Trinajstić information content (AvgIpc) is 2.59. The van der Waals surface area contributed by atoms with Crippen molar-refractivity contribution in [3.05, 3.63) is 29.8 Å². The first-order chi connectivity index (χ1) is 11.2. The standard InChI is InChI=1S/C19H29NO3/c1-3-7-15-10-11-18(19(12-15)22-2)23-14-17(21)13-20-16-8-5-4-6-9-16/h3,7,10-12,16-17,20-21H,4-6,8-9,13-14H2,1-2H3/p+1/b7-3+/t17-/m1/s1. The average molecular weight is 320 g/mol. The summed E-state index contributed by atoms with van der Waals surface area (Å²) in [5, 5.41) is 12.4. The largest absolute Gasteiger partial charge is 0.493 e. The fourth-order valence-corrected chi connectivity index (χ4v) is 3.07. The number of hydrogen-bond donors (Lipinski definition) is 2. The molecule has 2 rings (SSSR count). The molecule has 1 saturated carbocycles. The molecule has 0 amide bonds. The molecule has 128 valence electrons. The number of ether oxygens (including phenoxy) is 2. The summed E-state index contributed by atoms with van der Waals surface area (Å²) in [6.07, 6.45) is 10.1. The topological polar surface area (TPSA) is 55.3 Å². The number of benzene rings is 1. The van der Waals surface area contributed by atoms with Gasteiger partial charge in [0, 0.05) is 0 Å². The van der Waals surface area contributed by atoms with Crippen molar-refractivity contribution in [3.8, 4) is 11.5 Å². The van der Waals surface area contributed by atoms with Crippen LogP contribution in [0.2, 0.25) is 0 Å². The maximum absolute atomic E-state index is 10.1. The zero-order valence-corrected chi connectivity index (χ0v) is 14.3. The first kappa shape index (κ1) is 17.8. The molecule has 23 heavy (non-hydrogen) atoms. The van der Waals surface area contributed by atoms with Gasteiger partial charge in [-0.05, 0) is 50.3 Å². The number of aliphatic hydroxyl groups is 1. The molecule has 0 spiro atoms. The van der Waals surface area contributed by atoms with Gasteiger partial charge in [-0.15, -0.1) is 0 Å². The van der Waals surface area contributed by atoms with Crippen LogP contribution in [0, 0.1) is 0 Å². The first-order valence-corrected chi connectivity index (χ1v) is 8.68. The van der Waals surface area contributed by atoms with Crippen LogP contribution >= 0.6 is 0 Å². The molecular weight excluding hydrogens is 290 g/mol. The third kappa shape index (κ3) is 5.88. The van der Waals surface area contributed by atoms with Crippen LogP contribution in [0.3, 0.4) is 0 Å². The molecule has 0 radical (unpaired) electrons. The summed E-state index contributed by atoms with van der Waals surface area (Å²) in [4.78, 5) is 0. The zero-order valence-electron chi connectivity index (χ0n) is 14.3. The molecule has 1 fully saturated rings. The Hall–Kier alpha value is -1.52. The van der Waals surface area contributed by atoms with Gasteiger partial charge in [0.05, 0.1) is 13.2 Å². The summed E-state index contributed by atoms with van der Waals surface area (Å²) in [5.74, 6) is 1.38. The van der Waals surface area contributed by atoms with Crippen molar-refractivity contribution in [2.75, 3.05) is 20.3 Å². The molecule has 0 unspecified atom stereocenters. The van der Waals surface area contributed by atoms with Crippen molar-refractivity contribution >= 4 is 6.08 Å². The summed E-state index contributed by atoms with van der Waals surface area (Å²) in [5.41, 5.74) is 1.07. The van der Waals surface area contributed by atoms with Gasteiger partial charge in [0.25, 0.3) is 0 Å². The number of rotatable bonds is 8. The van der Waals surface area contributed by atoms with Crippen LogP contribution in [0.15, 0.2) is 24.3 Å². The molecule has 4 nitrogen and oxygen atoms in total. The number of nitrogens with two attached hydrogens (primary N) is 1. The number of methoxy groups -OCH3 is 1. The minimum absolute atomic E-state index is 0.294. The fourth-order valence-electron chi connectivity index (χ4n) is 3.07.